The maximum absolute atomic E-state index is 13.0. The molecule has 0 saturated carbocycles. The molecule has 1 aromatic rings. The van der Waals surface area contributed by atoms with Crippen LogP contribution in [0.15, 0.2) is 17.0 Å². The predicted molar refractivity (Wildman–Crippen MR) is 47.5 cm³/mol. The van der Waals surface area contributed by atoms with Crippen molar-refractivity contribution in [1.29, 1.82) is 0 Å². The molecule has 0 fully saturated rings. The molecule has 0 aliphatic carbocycles. The molecule has 1 rings (SSSR count). The van der Waals surface area contributed by atoms with E-state index in [1.54, 1.807) is 6.26 Å². The second-order valence-electron chi connectivity index (χ2n) is 2.45. The van der Waals surface area contributed by atoms with E-state index in [-0.39, 0.29) is 4.90 Å². The van der Waals surface area contributed by atoms with Crippen LogP contribution in [0.2, 0.25) is 0 Å². The monoisotopic (exact) mass is 188 g/mol. The van der Waals surface area contributed by atoms with Gasteiger partial charge in [0.1, 0.15) is 11.6 Å². The fourth-order valence-electron chi connectivity index (χ4n) is 1.01. The Balaban J connectivity index is 3.18. The molecule has 0 unspecified atom stereocenters. The van der Waals surface area contributed by atoms with Crippen molar-refractivity contribution >= 4 is 11.8 Å². The van der Waals surface area contributed by atoms with Crippen molar-refractivity contribution in [2.75, 3.05) is 6.26 Å². The van der Waals surface area contributed by atoms with Crippen molar-refractivity contribution in [3.63, 3.8) is 0 Å². The Morgan fingerprint density at radius 1 is 1.25 bits per heavy atom. The Morgan fingerprint density at radius 3 is 2.08 bits per heavy atom. The van der Waals surface area contributed by atoms with Crippen LogP contribution in [0.25, 0.3) is 0 Å². The van der Waals surface area contributed by atoms with Gasteiger partial charge in [0.05, 0.1) is 4.90 Å². The lowest BCUT2D eigenvalue weighted by Gasteiger charge is -2.03. The molecule has 66 valence electrons. The summed E-state index contributed by atoms with van der Waals surface area (Å²) in [5.41, 5.74) is 0.697. The van der Waals surface area contributed by atoms with E-state index in [0.717, 1.165) is 11.8 Å². The van der Waals surface area contributed by atoms with Gasteiger partial charge in [0.25, 0.3) is 0 Å². The zero-order chi connectivity index (χ0) is 9.14. The van der Waals surface area contributed by atoms with E-state index in [9.17, 15) is 8.78 Å². The summed E-state index contributed by atoms with van der Waals surface area (Å²) < 4.78 is 26.1. The molecule has 0 aliphatic heterocycles. The van der Waals surface area contributed by atoms with Gasteiger partial charge in [-0.05, 0) is 30.4 Å². The molecular weight excluding hydrogens is 178 g/mol. The van der Waals surface area contributed by atoms with Crippen LogP contribution in [0.4, 0.5) is 8.78 Å². The number of hydrogen-bond acceptors (Lipinski definition) is 1. The summed E-state index contributed by atoms with van der Waals surface area (Å²) >= 11 is 1.09. The van der Waals surface area contributed by atoms with Crippen LogP contribution in [0.1, 0.15) is 12.5 Å². The van der Waals surface area contributed by atoms with E-state index in [1.807, 2.05) is 6.92 Å². The number of thioether (sulfide) groups is 1. The largest absolute Gasteiger partial charge is 0.206 e. The highest BCUT2D eigenvalue weighted by molar-refractivity contribution is 7.98. The number of rotatable bonds is 2. The van der Waals surface area contributed by atoms with Crippen LogP contribution >= 0.6 is 11.8 Å². The van der Waals surface area contributed by atoms with E-state index in [1.165, 1.54) is 12.1 Å². The van der Waals surface area contributed by atoms with Crippen molar-refractivity contribution in [1.82, 2.24) is 0 Å². The van der Waals surface area contributed by atoms with E-state index >= 15 is 0 Å². The van der Waals surface area contributed by atoms with Crippen LogP contribution < -0.4 is 0 Å². The summed E-state index contributed by atoms with van der Waals surface area (Å²) in [6.07, 6.45) is 2.32. The van der Waals surface area contributed by atoms with E-state index < -0.39 is 11.6 Å². The zero-order valence-corrected chi connectivity index (χ0v) is 7.84. The Morgan fingerprint density at radius 2 is 1.75 bits per heavy atom. The van der Waals surface area contributed by atoms with Gasteiger partial charge < -0.3 is 0 Å². The first kappa shape index (κ1) is 9.52. The third-order valence-electron chi connectivity index (χ3n) is 1.67. The van der Waals surface area contributed by atoms with Crippen molar-refractivity contribution in [2.45, 2.75) is 18.2 Å². The van der Waals surface area contributed by atoms with Crippen molar-refractivity contribution in [3.05, 3.63) is 29.3 Å². The Bertz CT molecular complexity index is 261. The second kappa shape index (κ2) is 3.90. The van der Waals surface area contributed by atoms with Crippen LogP contribution in [0.5, 0.6) is 0 Å². The highest BCUT2D eigenvalue weighted by atomic mass is 32.2. The minimum absolute atomic E-state index is 0.104. The first-order valence-corrected chi connectivity index (χ1v) is 4.93. The van der Waals surface area contributed by atoms with Crippen LogP contribution in [0, 0.1) is 11.6 Å². The van der Waals surface area contributed by atoms with Crippen molar-refractivity contribution < 1.29 is 8.78 Å². The van der Waals surface area contributed by atoms with Gasteiger partial charge in [-0.3, -0.25) is 0 Å². The standard InChI is InChI=1S/C9H10F2S/c1-3-6-4-7(10)9(12-2)8(11)5-6/h4-5H,3H2,1-2H3. The van der Waals surface area contributed by atoms with E-state index in [2.05, 4.69) is 0 Å². The highest BCUT2D eigenvalue weighted by Gasteiger charge is 2.08. The lowest BCUT2D eigenvalue weighted by Crippen LogP contribution is -1.90. The fourth-order valence-corrected chi connectivity index (χ4v) is 1.52. The van der Waals surface area contributed by atoms with Gasteiger partial charge in [0.15, 0.2) is 0 Å². The number of hydrogen-bond donors (Lipinski definition) is 0. The molecule has 0 heterocycles. The molecule has 12 heavy (non-hydrogen) atoms. The number of benzene rings is 1. The second-order valence-corrected chi connectivity index (χ2v) is 3.26. The number of halogens is 2. The van der Waals surface area contributed by atoms with Gasteiger partial charge in [-0.1, -0.05) is 6.92 Å². The Hall–Kier alpha value is -0.570. The molecule has 0 atom stereocenters. The zero-order valence-electron chi connectivity index (χ0n) is 7.03. The molecule has 0 N–H and O–H groups in total. The summed E-state index contributed by atoms with van der Waals surface area (Å²) in [4.78, 5) is 0.104. The van der Waals surface area contributed by atoms with E-state index in [4.69, 9.17) is 0 Å². The van der Waals surface area contributed by atoms with Crippen molar-refractivity contribution in [2.24, 2.45) is 0 Å². The molecule has 3 heteroatoms. The van der Waals surface area contributed by atoms with Gasteiger partial charge in [-0.15, -0.1) is 11.8 Å². The molecule has 0 bridgehead atoms. The first-order valence-electron chi connectivity index (χ1n) is 3.71. The lowest BCUT2D eigenvalue weighted by molar-refractivity contribution is 0.538. The molecule has 0 aromatic heterocycles. The summed E-state index contributed by atoms with van der Waals surface area (Å²) in [6.45, 7) is 1.87. The minimum Gasteiger partial charge on any atom is -0.206 e. The predicted octanol–water partition coefficient (Wildman–Crippen LogP) is 3.25. The lowest BCUT2D eigenvalue weighted by atomic mass is 10.2. The molecular formula is C9H10F2S. The average Bonchev–Trinajstić information content (AvgIpc) is 2.03. The minimum atomic E-state index is -0.459. The third-order valence-corrected chi connectivity index (χ3v) is 2.47. The van der Waals surface area contributed by atoms with Gasteiger partial charge in [-0.25, -0.2) is 8.78 Å². The quantitative estimate of drug-likeness (QED) is 0.642. The fraction of sp³-hybridized carbons (Fsp3) is 0.333. The third kappa shape index (κ3) is 1.78. The SMILES string of the molecule is CCc1cc(F)c(SC)c(F)c1. The van der Waals surface area contributed by atoms with Gasteiger partial charge in [-0.2, -0.15) is 0 Å². The van der Waals surface area contributed by atoms with Gasteiger partial charge in [0, 0.05) is 0 Å². The topological polar surface area (TPSA) is 0 Å². The van der Waals surface area contributed by atoms with Gasteiger partial charge in [0.2, 0.25) is 0 Å². The van der Waals surface area contributed by atoms with Gasteiger partial charge >= 0.3 is 0 Å². The summed E-state index contributed by atoms with van der Waals surface area (Å²) in [5.74, 6) is -0.918. The van der Waals surface area contributed by atoms with Crippen LogP contribution in [-0.4, -0.2) is 6.26 Å². The summed E-state index contributed by atoms with van der Waals surface area (Å²) in [5, 5.41) is 0. The molecule has 0 amide bonds. The maximum Gasteiger partial charge on any atom is 0.139 e. The Labute approximate surface area is 75.0 Å². The first-order chi connectivity index (χ1) is 5.69. The smallest absolute Gasteiger partial charge is 0.139 e. The molecule has 0 saturated heterocycles. The van der Waals surface area contributed by atoms with Crippen LogP contribution in [0.3, 0.4) is 0 Å². The Kier molecular flexibility index (Phi) is 3.09. The summed E-state index contributed by atoms with van der Waals surface area (Å²) in [7, 11) is 0. The maximum atomic E-state index is 13.0. The molecule has 0 radical (unpaired) electrons. The molecule has 0 aliphatic rings. The highest BCUT2D eigenvalue weighted by Crippen LogP contribution is 2.24. The van der Waals surface area contributed by atoms with Crippen LogP contribution in [-0.2, 0) is 6.42 Å². The normalized spacial score (nSPS) is 10.3. The molecule has 0 nitrogen and oxygen atoms in total. The van der Waals surface area contributed by atoms with E-state index in [0.29, 0.717) is 12.0 Å². The number of aryl methyl sites for hydroxylation is 1. The van der Waals surface area contributed by atoms with Crippen molar-refractivity contribution in [3.8, 4) is 0 Å². The molecule has 0 spiro atoms. The molecule has 1 aromatic carbocycles. The average molecular weight is 188 g/mol. The summed E-state index contributed by atoms with van der Waals surface area (Å²) in [6, 6.07) is 2.77.